The van der Waals surface area contributed by atoms with Gasteiger partial charge in [0.05, 0.1) is 5.69 Å². The molecule has 0 saturated carbocycles. The van der Waals surface area contributed by atoms with Crippen molar-refractivity contribution < 1.29 is 13.9 Å². The molecule has 2 aromatic rings. The zero-order valence-electron chi connectivity index (χ0n) is 11.6. The van der Waals surface area contributed by atoms with E-state index in [2.05, 4.69) is 5.32 Å². The summed E-state index contributed by atoms with van der Waals surface area (Å²) in [5.74, 6) is -0.308. The van der Waals surface area contributed by atoms with Crippen LogP contribution < -0.4 is 5.32 Å². The van der Waals surface area contributed by atoms with Gasteiger partial charge in [0.25, 0.3) is 0 Å². The van der Waals surface area contributed by atoms with Crippen molar-refractivity contribution in [3.05, 3.63) is 40.8 Å². The van der Waals surface area contributed by atoms with Crippen LogP contribution in [0.4, 0.5) is 14.9 Å². The van der Waals surface area contributed by atoms with Crippen LogP contribution >= 0.6 is 11.3 Å². The number of thiophene rings is 1. The van der Waals surface area contributed by atoms with Crippen LogP contribution in [-0.4, -0.2) is 11.7 Å². The van der Waals surface area contributed by atoms with E-state index in [1.807, 2.05) is 5.38 Å². The number of hydrogen-bond donors (Lipinski definition) is 1. The highest BCUT2D eigenvalue weighted by molar-refractivity contribution is 7.08. The molecule has 0 aliphatic heterocycles. The molecule has 0 atom stereocenters. The van der Waals surface area contributed by atoms with Crippen molar-refractivity contribution in [2.24, 2.45) is 0 Å². The number of carbonyl (C=O) groups excluding carboxylic acids is 1. The van der Waals surface area contributed by atoms with Crippen LogP contribution in [0.15, 0.2) is 35.0 Å². The minimum atomic E-state index is -0.556. The second-order valence-electron chi connectivity index (χ2n) is 5.34. The summed E-state index contributed by atoms with van der Waals surface area (Å²) >= 11 is 1.43. The normalized spacial score (nSPS) is 11.2. The fourth-order valence-electron chi connectivity index (χ4n) is 1.69. The molecule has 20 heavy (non-hydrogen) atoms. The first-order valence-electron chi connectivity index (χ1n) is 6.17. The number of hydrogen-bond acceptors (Lipinski definition) is 3. The predicted molar refractivity (Wildman–Crippen MR) is 79.6 cm³/mol. The maximum absolute atomic E-state index is 13.3. The van der Waals surface area contributed by atoms with E-state index in [1.54, 1.807) is 38.3 Å². The first kappa shape index (κ1) is 14.5. The molecule has 1 aromatic carbocycles. The Morgan fingerprint density at radius 2 is 2.05 bits per heavy atom. The van der Waals surface area contributed by atoms with Crippen LogP contribution in [-0.2, 0) is 4.74 Å². The smallest absolute Gasteiger partial charge is 0.412 e. The summed E-state index contributed by atoms with van der Waals surface area (Å²) in [6.45, 7) is 5.40. The Morgan fingerprint density at radius 1 is 1.30 bits per heavy atom. The van der Waals surface area contributed by atoms with Crippen LogP contribution in [0, 0.1) is 5.82 Å². The number of anilines is 1. The van der Waals surface area contributed by atoms with Crippen LogP contribution in [0.25, 0.3) is 11.1 Å². The van der Waals surface area contributed by atoms with Crippen molar-refractivity contribution >= 4 is 23.1 Å². The van der Waals surface area contributed by atoms with Gasteiger partial charge in [-0.1, -0.05) is 12.1 Å². The third kappa shape index (κ3) is 3.81. The third-order valence-corrected chi connectivity index (χ3v) is 3.18. The first-order chi connectivity index (χ1) is 9.35. The van der Waals surface area contributed by atoms with E-state index in [0.29, 0.717) is 5.69 Å². The van der Waals surface area contributed by atoms with Crippen molar-refractivity contribution in [1.82, 2.24) is 0 Å². The number of benzene rings is 1. The van der Waals surface area contributed by atoms with Gasteiger partial charge in [0.1, 0.15) is 11.4 Å². The fourth-order valence-corrected chi connectivity index (χ4v) is 2.48. The van der Waals surface area contributed by atoms with Gasteiger partial charge in [-0.3, -0.25) is 5.32 Å². The number of nitrogens with one attached hydrogen (secondary N) is 1. The van der Waals surface area contributed by atoms with Gasteiger partial charge in [0.15, 0.2) is 0 Å². The average molecular weight is 293 g/mol. The summed E-state index contributed by atoms with van der Waals surface area (Å²) in [5, 5.41) is 6.35. The lowest BCUT2D eigenvalue weighted by atomic mass is 10.1. The predicted octanol–water partition coefficient (Wildman–Crippen LogP) is 4.90. The molecule has 0 saturated heterocycles. The zero-order valence-corrected chi connectivity index (χ0v) is 12.4. The molecule has 0 fully saturated rings. The number of halogens is 1. The topological polar surface area (TPSA) is 38.3 Å². The van der Waals surface area contributed by atoms with Gasteiger partial charge in [-0.2, -0.15) is 0 Å². The van der Waals surface area contributed by atoms with Gasteiger partial charge in [0.2, 0.25) is 0 Å². The summed E-state index contributed by atoms with van der Waals surface area (Å²) in [7, 11) is 0. The van der Waals surface area contributed by atoms with Crippen LogP contribution in [0.2, 0.25) is 0 Å². The number of carbonyl (C=O) groups is 1. The summed E-state index contributed by atoms with van der Waals surface area (Å²) in [6, 6.07) is 6.25. The maximum Gasteiger partial charge on any atom is 0.412 e. The monoisotopic (exact) mass is 293 g/mol. The molecule has 0 radical (unpaired) electrons. The van der Waals surface area contributed by atoms with E-state index in [1.165, 1.54) is 23.5 Å². The van der Waals surface area contributed by atoms with E-state index in [-0.39, 0.29) is 5.82 Å². The number of rotatable bonds is 2. The standard InChI is InChI=1S/C15H16FNO2S/c1-15(2,3)19-14(18)17-13-9-20-8-12(13)10-5-4-6-11(16)7-10/h4-9H,1-3H3,(H,17,18). The minimum absolute atomic E-state index is 0.308. The summed E-state index contributed by atoms with van der Waals surface area (Å²) < 4.78 is 18.5. The molecule has 1 N–H and O–H groups in total. The molecule has 1 heterocycles. The lowest BCUT2D eigenvalue weighted by molar-refractivity contribution is 0.0636. The van der Waals surface area contributed by atoms with Gasteiger partial charge in [0, 0.05) is 16.3 Å². The second-order valence-corrected chi connectivity index (χ2v) is 6.08. The van der Waals surface area contributed by atoms with Crippen molar-refractivity contribution in [2.75, 3.05) is 5.32 Å². The molecule has 0 spiro atoms. The molecule has 106 valence electrons. The highest BCUT2D eigenvalue weighted by Crippen LogP contribution is 2.32. The lowest BCUT2D eigenvalue weighted by Gasteiger charge is -2.19. The van der Waals surface area contributed by atoms with Gasteiger partial charge < -0.3 is 4.74 Å². The van der Waals surface area contributed by atoms with Gasteiger partial charge in [-0.25, -0.2) is 9.18 Å². The van der Waals surface area contributed by atoms with Gasteiger partial charge in [-0.05, 0) is 38.5 Å². The largest absolute Gasteiger partial charge is 0.444 e. The van der Waals surface area contributed by atoms with Crippen LogP contribution in [0.5, 0.6) is 0 Å². The molecule has 2 rings (SSSR count). The molecular weight excluding hydrogens is 277 g/mol. The van der Waals surface area contributed by atoms with E-state index in [9.17, 15) is 9.18 Å². The van der Waals surface area contributed by atoms with E-state index in [0.717, 1.165) is 11.1 Å². The molecule has 0 unspecified atom stereocenters. The molecule has 0 aliphatic rings. The van der Waals surface area contributed by atoms with E-state index in [4.69, 9.17) is 4.74 Å². The minimum Gasteiger partial charge on any atom is -0.444 e. The van der Waals surface area contributed by atoms with E-state index < -0.39 is 11.7 Å². The highest BCUT2D eigenvalue weighted by Gasteiger charge is 2.18. The number of amides is 1. The highest BCUT2D eigenvalue weighted by atomic mass is 32.1. The Hall–Kier alpha value is -1.88. The quantitative estimate of drug-likeness (QED) is 0.855. The Morgan fingerprint density at radius 3 is 2.70 bits per heavy atom. The molecule has 1 amide bonds. The van der Waals surface area contributed by atoms with Gasteiger partial charge in [-0.15, -0.1) is 11.3 Å². The summed E-state index contributed by atoms with van der Waals surface area (Å²) in [5.41, 5.74) is 1.56. The van der Waals surface area contributed by atoms with Gasteiger partial charge >= 0.3 is 6.09 Å². The van der Waals surface area contributed by atoms with Crippen molar-refractivity contribution in [3.8, 4) is 11.1 Å². The Labute approximate surface area is 121 Å². The Balaban J connectivity index is 2.19. The SMILES string of the molecule is CC(C)(C)OC(=O)Nc1cscc1-c1cccc(F)c1. The first-order valence-corrected chi connectivity index (χ1v) is 7.11. The van der Waals surface area contributed by atoms with Crippen molar-refractivity contribution in [3.63, 3.8) is 0 Å². The van der Waals surface area contributed by atoms with Crippen molar-refractivity contribution in [1.29, 1.82) is 0 Å². The average Bonchev–Trinajstić information content (AvgIpc) is 2.74. The zero-order chi connectivity index (χ0) is 14.8. The van der Waals surface area contributed by atoms with E-state index >= 15 is 0 Å². The van der Waals surface area contributed by atoms with Crippen molar-refractivity contribution in [2.45, 2.75) is 26.4 Å². The maximum atomic E-state index is 13.3. The summed E-state index contributed by atoms with van der Waals surface area (Å²) in [6.07, 6.45) is -0.520. The molecule has 1 aromatic heterocycles. The van der Waals surface area contributed by atoms with Crippen LogP contribution in [0.1, 0.15) is 20.8 Å². The molecule has 5 heteroatoms. The summed E-state index contributed by atoms with van der Waals surface area (Å²) in [4.78, 5) is 11.8. The molecule has 0 aliphatic carbocycles. The van der Waals surface area contributed by atoms with Crippen LogP contribution in [0.3, 0.4) is 0 Å². The second kappa shape index (κ2) is 5.63. The molecular formula is C15H16FNO2S. The lowest BCUT2D eigenvalue weighted by Crippen LogP contribution is -2.27. The molecule has 3 nitrogen and oxygen atoms in total. The Bertz CT molecular complexity index is 616. The fraction of sp³-hybridized carbons (Fsp3) is 0.267. The number of ether oxygens (including phenoxy) is 1. The molecule has 0 bridgehead atoms. The third-order valence-electron chi connectivity index (χ3n) is 2.43. The Kier molecular flexibility index (Phi) is 4.09.